The standard InChI is InChI=1S/C14H30N2O2S/c1-5-13-11-16(9-10-19(17,18)8-4)14(6-2,7-3)12-15-13/h13,15H,5-12H2,1-4H3. The van der Waals surface area contributed by atoms with E-state index in [2.05, 4.69) is 31.0 Å². The van der Waals surface area contributed by atoms with Crippen LogP contribution in [0.5, 0.6) is 0 Å². The number of sulfone groups is 1. The normalized spacial score (nSPS) is 24.5. The minimum atomic E-state index is -2.87. The second-order valence-electron chi connectivity index (χ2n) is 5.60. The van der Waals surface area contributed by atoms with E-state index in [1.165, 1.54) is 0 Å². The van der Waals surface area contributed by atoms with Crippen molar-refractivity contribution < 1.29 is 8.42 Å². The average Bonchev–Trinajstić information content (AvgIpc) is 2.44. The largest absolute Gasteiger partial charge is 0.311 e. The van der Waals surface area contributed by atoms with E-state index < -0.39 is 9.84 Å². The Morgan fingerprint density at radius 3 is 2.32 bits per heavy atom. The zero-order valence-electron chi connectivity index (χ0n) is 12.9. The van der Waals surface area contributed by atoms with Crippen LogP contribution in [-0.4, -0.2) is 56.0 Å². The maximum Gasteiger partial charge on any atom is 0.151 e. The van der Waals surface area contributed by atoms with E-state index in [9.17, 15) is 8.42 Å². The molecule has 1 rings (SSSR count). The topological polar surface area (TPSA) is 49.4 Å². The van der Waals surface area contributed by atoms with E-state index in [1.807, 2.05) is 0 Å². The van der Waals surface area contributed by atoms with Crippen LogP contribution < -0.4 is 5.32 Å². The van der Waals surface area contributed by atoms with Crippen LogP contribution in [0.25, 0.3) is 0 Å². The van der Waals surface area contributed by atoms with Crippen LogP contribution in [0.1, 0.15) is 47.0 Å². The molecule has 0 aromatic heterocycles. The second kappa shape index (κ2) is 7.04. The van der Waals surface area contributed by atoms with Crippen LogP contribution in [0.3, 0.4) is 0 Å². The molecule has 1 aliphatic rings. The van der Waals surface area contributed by atoms with Gasteiger partial charge in [-0.3, -0.25) is 4.90 Å². The summed E-state index contributed by atoms with van der Waals surface area (Å²) in [6.45, 7) is 11.0. The van der Waals surface area contributed by atoms with Gasteiger partial charge in [0.05, 0.1) is 5.75 Å². The van der Waals surface area contributed by atoms with Crippen molar-refractivity contribution in [3.63, 3.8) is 0 Å². The Labute approximate surface area is 118 Å². The van der Waals surface area contributed by atoms with Crippen molar-refractivity contribution in [2.24, 2.45) is 0 Å². The molecule has 1 saturated heterocycles. The van der Waals surface area contributed by atoms with Crippen molar-refractivity contribution >= 4 is 9.84 Å². The fourth-order valence-electron chi connectivity index (χ4n) is 2.91. The summed E-state index contributed by atoms with van der Waals surface area (Å²) < 4.78 is 23.5. The first-order valence-electron chi connectivity index (χ1n) is 7.61. The van der Waals surface area contributed by atoms with E-state index in [1.54, 1.807) is 6.92 Å². The third-order valence-corrected chi connectivity index (χ3v) is 6.44. The van der Waals surface area contributed by atoms with Gasteiger partial charge in [-0.05, 0) is 19.3 Å². The first-order valence-corrected chi connectivity index (χ1v) is 9.44. The van der Waals surface area contributed by atoms with Crippen LogP contribution in [0.2, 0.25) is 0 Å². The van der Waals surface area contributed by atoms with Crippen molar-refractivity contribution in [2.45, 2.75) is 58.5 Å². The highest BCUT2D eigenvalue weighted by molar-refractivity contribution is 7.91. The summed E-state index contributed by atoms with van der Waals surface area (Å²) in [4.78, 5) is 2.42. The molecule has 0 saturated carbocycles. The van der Waals surface area contributed by atoms with Gasteiger partial charge in [0.1, 0.15) is 0 Å². The first-order chi connectivity index (χ1) is 8.93. The molecule has 114 valence electrons. The van der Waals surface area contributed by atoms with Crippen LogP contribution in [0.15, 0.2) is 0 Å². The van der Waals surface area contributed by atoms with E-state index in [4.69, 9.17) is 0 Å². The highest BCUT2D eigenvalue weighted by Gasteiger charge is 2.38. The van der Waals surface area contributed by atoms with Crippen LogP contribution in [-0.2, 0) is 9.84 Å². The summed E-state index contributed by atoms with van der Waals surface area (Å²) in [5.41, 5.74) is 0.134. The molecule has 1 heterocycles. The molecule has 0 aromatic carbocycles. The summed E-state index contributed by atoms with van der Waals surface area (Å²) in [5, 5.41) is 3.61. The van der Waals surface area contributed by atoms with Crippen molar-refractivity contribution in [3.05, 3.63) is 0 Å². The SMILES string of the molecule is CCC1CN(CCS(=O)(=O)CC)C(CC)(CC)CN1. The van der Waals surface area contributed by atoms with E-state index in [0.29, 0.717) is 18.3 Å². The molecule has 0 bridgehead atoms. The van der Waals surface area contributed by atoms with Gasteiger partial charge < -0.3 is 5.32 Å². The average molecular weight is 290 g/mol. The Morgan fingerprint density at radius 1 is 1.21 bits per heavy atom. The molecule has 4 nitrogen and oxygen atoms in total. The van der Waals surface area contributed by atoms with Crippen molar-refractivity contribution in [3.8, 4) is 0 Å². The molecule has 5 heteroatoms. The first kappa shape index (κ1) is 16.9. The van der Waals surface area contributed by atoms with E-state index in [0.717, 1.165) is 32.4 Å². The molecule has 1 fully saturated rings. The molecule has 1 atom stereocenters. The molecule has 1 N–H and O–H groups in total. The quantitative estimate of drug-likeness (QED) is 0.775. The summed E-state index contributed by atoms with van der Waals surface area (Å²) in [5.74, 6) is 0.545. The summed E-state index contributed by atoms with van der Waals surface area (Å²) in [7, 11) is -2.87. The van der Waals surface area contributed by atoms with Crippen molar-refractivity contribution in [1.29, 1.82) is 0 Å². The maximum atomic E-state index is 11.7. The van der Waals surface area contributed by atoms with E-state index >= 15 is 0 Å². The van der Waals surface area contributed by atoms with Gasteiger partial charge in [-0.2, -0.15) is 0 Å². The molecule has 1 unspecified atom stereocenters. The van der Waals surface area contributed by atoms with Crippen molar-refractivity contribution in [2.75, 3.05) is 31.1 Å². The molecular formula is C14H30N2O2S. The Kier molecular flexibility index (Phi) is 6.27. The van der Waals surface area contributed by atoms with Gasteiger partial charge in [0, 0.05) is 37.0 Å². The predicted octanol–water partition coefficient (Wildman–Crippen LogP) is 1.66. The highest BCUT2D eigenvalue weighted by atomic mass is 32.2. The Morgan fingerprint density at radius 2 is 1.84 bits per heavy atom. The van der Waals surface area contributed by atoms with Crippen LogP contribution in [0.4, 0.5) is 0 Å². The maximum absolute atomic E-state index is 11.7. The number of nitrogens with zero attached hydrogens (tertiary/aromatic N) is 1. The number of hydrogen-bond acceptors (Lipinski definition) is 4. The predicted molar refractivity (Wildman–Crippen MR) is 81.3 cm³/mol. The van der Waals surface area contributed by atoms with Gasteiger partial charge in [0.25, 0.3) is 0 Å². The molecule has 0 aliphatic carbocycles. The Hall–Kier alpha value is -0.130. The van der Waals surface area contributed by atoms with Gasteiger partial charge in [0.15, 0.2) is 9.84 Å². The van der Waals surface area contributed by atoms with Crippen LogP contribution >= 0.6 is 0 Å². The second-order valence-corrected chi connectivity index (χ2v) is 8.07. The fourth-order valence-corrected chi connectivity index (χ4v) is 3.70. The monoisotopic (exact) mass is 290 g/mol. The molecule has 0 amide bonds. The highest BCUT2D eigenvalue weighted by Crippen LogP contribution is 2.27. The molecule has 0 radical (unpaired) electrons. The minimum Gasteiger partial charge on any atom is -0.311 e. The van der Waals surface area contributed by atoms with E-state index in [-0.39, 0.29) is 11.3 Å². The third kappa shape index (κ3) is 4.17. The molecule has 0 spiro atoms. The number of nitrogens with one attached hydrogen (secondary N) is 1. The van der Waals surface area contributed by atoms with Crippen LogP contribution in [0, 0.1) is 0 Å². The smallest absolute Gasteiger partial charge is 0.151 e. The number of hydrogen-bond donors (Lipinski definition) is 1. The lowest BCUT2D eigenvalue weighted by molar-refractivity contribution is 0.0364. The number of rotatable bonds is 7. The van der Waals surface area contributed by atoms with Crippen molar-refractivity contribution in [1.82, 2.24) is 10.2 Å². The Balaban J connectivity index is 2.77. The van der Waals surface area contributed by atoms with Gasteiger partial charge in [-0.15, -0.1) is 0 Å². The zero-order chi connectivity index (χ0) is 14.5. The summed E-state index contributed by atoms with van der Waals surface area (Å²) in [6.07, 6.45) is 3.23. The van der Waals surface area contributed by atoms with Gasteiger partial charge in [-0.1, -0.05) is 27.7 Å². The van der Waals surface area contributed by atoms with Gasteiger partial charge in [-0.25, -0.2) is 8.42 Å². The molecule has 1 aliphatic heterocycles. The minimum absolute atomic E-state index is 0.134. The summed E-state index contributed by atoms with van der Waals surface area (Å²) in [6, 6.07) is 0.496. The van der Waals surface area contributed by atoms with Gasteiger partial charge >= 0.3 is 0 Å². The molecule has 19 heavy (non-hydrogen) atoms. The Bertz CT molecular complexity index is 364. The molecular weight excluding hydrogens is 260 g/mol. The lowest BCUT2D eigenvalue weighted by atomic mass is 9.87. The lowest BCUT2D eigenvalue weighted by Gasteiger charge is -2.49. The molecule has 0 aromatic rings. The lowest BCUT2D eigenvalue weighted by Crippen LogP contribution is -2.64. The fraction of sp³-hybridized carbons (Fsp3) is 1.00. The van der Waals surface area contributed by atoms with Gasteiger partial charge in [0.2, 0.25) is 0 Å². The zero-order valence-corrected chi connectivity index (χ0v) is 13.7. The summed E-state index contributed by atoms with van der Waals surface area (Å²) >= 11 is 0. The number of piperazine rings is 1. The third-order valence-electron chi connectivity index (χ3n) is 4.75.